The van der Waals surface area contributed by atoms with Crippen LogP contribution in [0.25, 0.3) is 21.5 Å². The number of urea groups is 1. The van der Waals surface area contributed by atoms with Gasteiger partial charge >= 0.3 is 6.03 Å². The quantitative estimate of drug-likeness (QED) is 0.0834. The molecular weight excluding hydrogens is 717 g/mol. The SMILES string of the molecule is O=C(Nc1ccc(C(=O)Nc2cc(S(=O)(=O)O)cc3cccc(O)c23)cc1)Nc1ccc(C(=O)Nc2cc(S(=O)(=O)O)cc3cccc(O)c23)cc1. The molecule has 52 heavy (non-hydrogen) atoms. The molecule has 0 unspecified atom stereocenters. The van der Waals surface area contributed by atoms with Crippen molar-refractivity contribution in [2.45, 2.75) is 9.79 Å². The maximum Gasteiger partial charge on any atom is 0.323 e. The van der Waals surface area contributed by atoms with Crippen molar-refractivity contribution in [3.05, 3.63) is 120 Å². The fourth-order valence-corrected chi connectivity index (χ4v) is 6.43. The number of phenols is 2. The molecule has 17 heteroatoms. The lowest BCUT2D eigenvalue weighted by molar-refractivity contribution is 0.101. The Morgan fingerprint density at radius 2 is 0.846 bits per heavy atom. The van der Waals surface area contributed by atoms with E-state index in [1.54, 1.807) is 0 Å². The van der Waals surface area contributed by atoms with E-state index >= 15 is 0 Å². The van der Waals surface area contributed by atoms with Gasteiger partial charge in [0.25, 0.3) is 32.1 Å². The first-order valence-corrected chi connectivity index (χ1v) is 17.8. The molecule has 0 spiro atoms. The minimum Gasteiger partial charge on any atom is -0.507 e. The van der Waals surface area contributed by atoms with Crippen LogP contribution < -0.4 is 21.3 Å². The fourth-order valence-electron chi connectivity index (χ4n) is 5.35. The Bertz CT molecular complexity index is 2460. The molecule has 6 rings (SSSR count). The first-order chi connectivity index (χ1) is 24.6. The lowest BCUT2D eigenvalue weighted by Crippen LogP contribution is -2.20. The summed E-state index contributed by atoms with van der Waals surface area (Å²) >= 11 is 0. The number of amides is 4. The van der Waals surface area contributed by atoms with Gasteiger partial charge in [-0.15, -0.1) is 0 Å². The molecule has 0 saturated heterocycles. The zero-order valence-electron chi connectivity index (χ0n) is 26.4. The van der Waals surface area contributed by atoms with E-state index in [1.165, 1.54) is 84.9 Å². The molecule has 6 aromatic carbocycles. The lowest BCUT2D eigenvalue weighted by atomic mass is 10.1. The number of rotatable bonds is 8. The van der Waals surface area contributed by atoms with Crippen LogP contribution in [0.5, 0.6) is 11.5 Å². The molecule has 0 heterocycles. The van der Waals surface area contributed by atoms with E-state index in [2.05, 4.69) is 21.3 Å². The third kappa shape index (κ3) is 7.62. The zero-order chi connectivity index (χ0) is 37.4. The van der Waals surface area contributed by atoms with E-state index in [0.29, 0.717) is 11.4 Å². The van der Waals surface area contributed by atoms with Crippen molar-refractivity contribution in [1.82, 2.24) is 0 Å². The number of anilines is 4. The van der Waals surface area contributed by atoms with Gasteiger partial charge in [-0.2, -0.15) is 16.8 Å². The fraction of sp³-hybridized carbons (Fsp3) is 0. The highest BCUT2D eigenvalue weighted by Crippen LogP contribution is 2.36. The van der Waals surface area contributed by atoms with Crippen molar-refractivity contribution in [1.29, 1.82) is 0 Å². The summed E-state index contributed by atoms with van der Waals surface area (Å²) in [5.41, 5.74) is 0.713. The largest absolute Gasteiger partial charge is 0.507 e. The van der Waals surface area contributed by atoms with Crippen molar-refractivity contribution in [3.8, 4) is 11.5 Å². The van der Waals surface area contributed by atoms with E-state index in [-0.39, 0.29) is 55.5 Å². The third-order valence-corrected chi connectivity index (χ3v) is 9.42. The van der Waals surface area contributed by atoms with Gasteiger partial charge < -0.3 is 31.5 Å². The number of phenolic OH excluding ortho intramolecular Hbond substituents is 2. The van der Waals surface area contributed by atoms with Gasteiger partial charge in [-0.05, 0) is 95.7 Å². The van der Waals surface area contributed by atoms with E-state index in [1.807, 2.05) is 0 Å². The molecule has 0 aliphatic heterocycles. The normalized spacial score (nSPS) is 11.6. The van der Waals surface area contributed by atoms with Gasteiger partial charge in [0.1, 0.15) is 11.5 Å². The van der Waals surface area contributed by atoms with Crippen LogP contribution in [0.3, 0.4) is 0 Å². The van der Waals surface area contributed by atoms with E-state index in [4.69, 9.17) is 0 Å². The van der Waals surface area contributed by atoms with Gasteiger partial charge in [0.15, 0.2) is 0 Å². The van der Waals surface area contributed by atoms with Crippen LogP contribution in [-0.4, -0.2) is 54.0 Å². The minimum absolute atomic E-state index is 0.0579. The van der Waals surface area contributed by atoms with Crippen LogP contribution in [0.1, 0.15) is 20.7 Å². The molecule has 0 aromatic heterocycles. The highest BCUT2D eigenvalue weighted by Gasteiger charge is 2.19. The Morgan fingerprint density at radius 1 is 0.481 bits per heavy atom. The summed E-state index contributed by atoms with van der Waals surface area (Å²) in [7, 11) is -9.26. The number of carbonyl (C=O) groups excluding carboxylic acids is 3. The molecule has 6 aromatic rings. The molecule has 264 valence electrons. The van der Waals surface area contributed by atoms with Gasteiger partial charge in [0.05, 0.1) is 21.2 Å². The van der Waals surface area contributed by atoms with Crippen molar-refractivity contribution >= 4 is 82.4 Å². The topological polar surface area (TPSA) is 249 Å². The second-order valence-electron chi connectivity index (χ2n) is 11.3. The molecule has 0 radical (unpaired) electrons. The number of hydrogen-bond acceptors (Lipinski definition) is 9. The summed E-state index contributed by atoms with van der Waals surface area (Å²) in [6.07, 6.45) is 0. The molecule has 0 aliphatic rings. The predicted molar refractivity (Wildman–Crippen MR) is 192 cm³/mol. The predicted octanol–water partition coefficient (Wildman–Crippen LogP) is 6.05. The van der Waals surface area contributed by atoms with Crippen molar-refractivity contribution in [2.24, 2.45) is 0 Å². The summed E-state index contributed by atoms with van der Waals surface area (Å²) in [6.45, 7) is 0. The smallest absolute Gasteiger partial charge is 0.323 e. The average molecular weight is 743 g/mol. The molecule has 4 amide bonds. The molecule has 0 atom stereocenters. The van der Waals surface area contributed by atoms with Crippen LogP contribution in [0.15, 0.2) is 119 Å². The summed E-state index contributed by atoms with van der Waals surface area (Å²) in [5.74, 6) is -1.80. The Kier molecular flexibility index (Phi) is 9.26. The van der Waals surface area contributed by atoms with Gasteiger partial charge in [0, 0.05) is 33.3 Å². The summed E-state index contributed by atoms with van der Waals surface area (Å²) in [5, 5.41) is 31.8. The highest BCUT2D eigenvalue weighted by molar-refractivity contribution is 7.86. The number of hydrogen-bond donors (Lipinski definition) is 8. The second-order valence-corrected chi connectivity index (χ2v) is 14.1. The Balaban J connectivity index is 1.10. The molecule has 0 fully saturated rings. The first kappa shape index (κ1) is 35.3. The molecule has 8 N–H and O–H groups in total. The van der Waals surface area contributed by atoms with Crippen LogP contribution in [0, 0.1) is 0 Å². The number of nitrogens with one attached hydrogen (secondary N) is 4. The second kappa shape index (κ2) is 13.6. The van der Waals surface area contributed by atoms with Gasteiger partial charge in [0.2, 0.25) is 0 Å². The lowest BCUT2D eigenvalue weighted by Gasteiger charge is -2.13. The molecule has 0 bridgehead atoms. The van der Waals surface area contributed by atoms with Crippen LogP contribution in [-0.2, 0) is 20.2 Å². The van der Waals surface area contributed by atoms with Gasteiger partial charge in [-0.3, -0.25) is 18.7 Å². The Labute approximate surface area is 295 Å². The van der Waals surface area contributed by atoms with Crippen LogP contribution in [0.2, 0.25) is 0 Å². The number of fused-ring (bicyclic) bond motifs is 2. The maximum atomic E-state index is 13.0. The molecule has 0 aliphatic carbocycles. The molecule has 0 saturated carbocycles. The van der Waals surface area contributed by atoms with Crippen LogP contribution in [0.4, 0.5) is 27.5 Å². The summed E-state index contributed by atoms with van der Waals surface area (Å²) in [6, 6.07) is 23.7. The Morgan fingerprint density at radius 3 is 1.19 bits per heavy atom. The average Bonchev–Trinajstić information content (AvgIpc) is 3.08. The molecular formula is C35H26N4O11S2. The summed E-state index contributed by atoms with van der Waals surface area (Å²) < 4.78 is 66.3. The monoisotopic (exact) mass is 742 g/mol. The number of aromatic hydroxyl groups is 2. The molecule has 15 nitrogen and oxygen atoms in total. The van der Waals surface area contributed by atoms with E-state index in [9.17, 15) is 50.5 Å². The number of benzene rings is 6. The van der Waals surface area contributed by atoms with Crippen molar-refractivity contribution in [3.63, 3.8) is 0 Å². The van der Waals surface area contributed by atoms with Gasteiger partial charge in [-0.25, -0.2) is 4.79 Å². The third-order valence-electron chi connectivity index (χ3n) is 7.76. The highest BCUT2D eigenvalue weighted by atomic mass is 32.2. The van der Waals surface area contributed by atoms with Gasteiger partial charge in [-0.1, -0.05) is 24.3 Å². The first-order valence-electron chi connectivity index (χ1n) is 14.9. The standard InChI is InChI=1S/C35H26N4O11S2/c40-29-5-1-3-21-15-25(51(45,46)47)17-27(31(21)29)38-33(42)19-7-11-23(12-8-19)36-35(44)37-24-13-9-20(10-14-24)34(43)39-28-18-26(52(48,49)50)16-22-4-2-6-30(41)32(22)28/h1-18,40-41H,(H,38,42)(H,39,43)(H2,36,37,44)(H,45,46,47)(H,48,49,50). The van der Waals surface area contributed by atoms with Crippen molar-refractivity contribution < 1.29 is 50.5 Å². The van der Waals surface area contributed by atoms with E-state index < -0.39 is 47.9 Å². The number of carbonyl (C=O) groups is 3. The van der Waals surface area contributed by atoms with Crippen molar-refractivity contribution in [2.75, 3.05) is 21.3 Å². The minimum atomic E-state index is -4.63. The maximum absolute atomic E-state index is 13.0. The van der Waals surface area contributed by atoms with E-state index in [0.717, 1.165) is 24.3 Å². The van der Waals surface area contributed by atoms with Crippen LogP contribution >= 0.6 is 0 Å². The Hall–Kier alpha value is -6.53. The zero-order valence-corrected chi connectivity index (χ0v) is 28.0. The summed E-state index contributed by atoms with van der Waals surface area (Å²) in [4.78, 5) is 37.8.